The highest BCUT2D eigenvalue weighted by Crippen LogP contribution is 2.41. The fourth-order valence-corrected chi connectivity index (χ4v) is 5.77. The molecule has 0 bridgehead atoms. The van der Waals surface area contributed by atoms with Gasteiger partial charge < -0.3 is 19.5 Å². The number of likely N-dealkylation sites (tertiary alicyclic amines) is 1. The van der Waals surface area contributed by atoms with Crippen molar-refractivity contribution in [2.24, 2.45) is 11.8 Å². The van der Waals surface area contributed by atoms with Crippen molar-refractivity contribution in [3.05, 3.63) is 22.7 Å². The van der Waals surface area contributed by atoms with Crippen LogP contribution in [0, 0.1) is 11.8 Å². The lowest BCUT2D eigenvalue weighted by atomic mass is 9.77. The zero-order chi connectivity index (χ0) is 20.5. The summed E-state index contributed by atoms with van der Waals surface area (Å²) in [7, 11) is 5.43. The second-order valence-electron chi connectivity index (χ2n) is 8.93. The number of benzene rings is 1. The van der Waals surface area contributed by atoms with Crippen LogP contribution in [0.5, 0.6) is 11.5 Å². The lowest BCUT2D eigenvalue weighted by Gasteiger charge is -2.44. The average Bonchev–Trinajstić information content (AvgIpc) is 3.10. The summed E-state index contributed by atoms with van der Waals surface area (Å²) < 4.78 is 10.8. The molecule has 3 fully saturated rings. The zero-order valence-corrected chi connectivity index (χ0v) is 18.6. The molecule has 0 amide bonds. The Morgan fingerprint density at radius 1 is 1.03 bits per heavy atom. The van der Waals surface area contributed by atoms with E-state index in [1.807, 2.05) is 12.1 Å². The molecule has 2 aliphatic heterocycles. The Balaban J connectivity index is 1.40. The first kappa shape index (κ1) is 21.2. The van der Waals surface area contributed by atoms with Gasteiger partial charge in [-0.3, -0.25) is 9.80 Å². The van der Waals surface area contributed by atoms with E-state index in [2.05, 4.69) is 21.7 Å². The van der Waals surface area contributed by atoms with Gasteiger partial charge in [0.25, 0.3) is 0 Å². The van der Waals surface area contributed by atoms with Crippen LogP contribution in [0.3, 0.4) is 0 Å². The van der Waals surface area contributed by atoms with Gasteiger partial charge in [0.2, 0.25) is 0 Å². The number of hydrogen-bond donors (Lipinski definition) is 1. The molecule has 1 aromatic rings. The molecule has 4 atom stereocenters. The van der Waals surface area contributed by atoms with Gasteiger partial charge in [0.05, 0.1) is 25.3 Å². The van der Waals surface area contributed by atoms with E-state index in [1.165, 1.54) is 0 Å². The molecule has 3 aliphatic rings. The normalized spacial score (nSPS) is 31.6. The maximum Gasteiger partial charge on any atom is 0.179 e. The van der Waals surface area contributed by atoms with E-state index in [1.54, 1.807) is 14.2 Å². The first-order valence-corrected chi connectivity index (χ1v) is 11.1. The molecule has 7 heteroatoms. The number of halogens is 1. The van der Waals surface area contributed by atoms with Crippen LogP contribution in [0.1, 0.15) is 18.4 Å². The Kier molecular flexibility index (Phi) is 6.56. The molecule has 0 spiro atoms. The molecular weight excluding hydrogens is 390 g/mol. The molecular formula is C22H34ClN3O3. The molecule has 2 heterocycles. The molecule has 0 aromatic heterocycles. The second kappa shape index (κ2) is 8.98. The first-order chi connectivity index (χ1) is 14.0. The maximum atomic E-state index is 10.9. The van der Waals surface area contributed by atoms with Crippen LogP contribution < -0.4 is 9.47 Å². The van der Waals surface area contributed by atoms with Crippen LogP contribution in [-0.4, -0.2) is 92.5 Å². The third kappa shape index (κ3) is 4.37. The monoisotopic (exact) mass is 423 g/mol. The predicted molar refractivity (Wildman–Crippen MR) is 115 cm³/mol. The Morgan fingerprint density at radius 3 is 2.38 bits per heavy atom. The number of aliphatic hydroxyl groups is 1. The Morgan fingerprint density at radius 2 is 1.72 bits per heavy atom. The Bertz CT molecular complexity index is 711. The minimum Gasteiger partial charge on any atom is -0.493 e. The topological polar surface area (TPSA) is 48.4 Å². The van der Waals surface area contributed by atoms with Gasteiger partial charge in [-0.15, -0.1) is 0 Å². The summed E-state index contributed by atoms with van der Waals surface area (Å²) in [6.45, 7) is 7.25. The Hall–Kier alpha value is -1.05. The molecule has 4 rings (SSSR count). The highest BCUT2D eigenvalue weighted by Gasteiger charge is 2.43. The van der Waals surface area contributed by atoms with E-state index in [0.717, 1.165) is 64.2 Å². The largest absolute Gasteiger partial charge is 0.493 e. The lowest BCUT2D eigenvalue weighted by molar-refractivity contribution is -0.0249. The maximum absolute atomic E-state index is 10.9. The summed E-state index contributed by atoms with van der Waals surface area (Å²) in [5, 5.41) is 11.5. The number of likely N-dealkylation sites (N-methyl/N-ethyl adjacent to an activating group) is 1. The predicted octanol–water partition coefficient (Wildman–Crippen LogP) is 2.18. The van der Waals surface area contributed by atoms with Crippen LogP contribution in [0.15, 0.2) is 12.1 Å². The number of hydrogen-bond acceptors (Lipinski definition) is 6. The summed E-state index contributed by atoms with van der Waals surface area (Å²) in [5.74, 6) is 2.50. The van der Waals surface area contributed by atoms with Crippen molar-refractivity contribution >= 4 is 11.6 Å². The fraction of sp³-hybridized carbons (Fsp3) is 0.727. The van der Waals surface area contributed by atoms with Crippen LogP contribution in [-0.2, 0) is 6.54 Å². The van der Waals surface area contributed by atoms with Crippen molar-refractivity contribution in [1.82, 2.24) is 14.7 Å². The molecule has 1 saturated carbocycles. The second-order valence-corrected chi connectivity index (χ2v) is 9.31. The van der Waals surface area contributed by atoms with Crippen molar-refractivity contribution in [1.29, 1.82) is 0 Å². The van der Waals surface area contributed by atoms with Crippen LogP contribution in [0.2, 0.25) is 5.02 Å². The number of piperazine rings is 1. The molecule has 0 radical (unpaired) electrons. The summed E-state index contributed by atoms with van der Waals surface area (Å²) in [6.07, 6.45) is 1.81. The lowest BCUT2D eigenvalue weighted by Crippen LogP contribution is -2.55. The van der Waals surface area contributed by atoms with Crippen molar-refractivity contribution in [2.75, 3.05) is 60.5 Å². The molecule has 1 aliphatic carbocycles. The number of rotatable bonds is 5. The standard InChI is InChI=1S/C22H34ClN3O3/c1-24-6-8-26(9-7-24)18-10-16-13-25(14-17(16)11-19(18)27)12-15-4-5-20(28-2)22(29-3)21(15)23/h4-5,16-19,27H,6-14H2,1-3H3/t16-,17+,18-,19-/m1/s1. The van der Waals surface area contributed by atoms with Gasteiger partial charge in [-0.2, -0.15) is 0 Å². The van der Waals surface area contributed by atoms with Crippen LogP contribution in [0.4, 0.5) is 0 Å². The molecule has 2 saturated heterocycles. The number of nitrogens with zero attached hydrogens (tertiary/aromatic N) is 3. The highest BCUT2D eigenvalue weighted by molar-refractivity contribution is 6.33. The van der Waals surface area contributed by atoms with E-state index in [-0.39, 0.29) is 6.10 Å². The van der Waals surface area contributed by atoms with Gasteiger partial charge in [0.15, 0.2) is 11.5 Å². The van der Waals surface area contributed by atoms with Crippen molar-refractivity contribution < 1.29 is 14.6 Å². The number of ether oxygens (including phenoxy) is 2. The zero-order valence-electron chi connectivity index (χ0n) is 17.8. The third-order valence-electron chi connectivity index (χ3n) is 7.15. The Labute approximate surface area is 179 Å². The van der Waals surface area contributed by atoms with Crippen molar-refractivity contribution in [3.8, 4) is 11.5 Å². The van der Waals surface area contributed by atoms with Gasteiger partial charge in [-0.05, 0) is 43.4 Å². The smallest absolute Gasteiger partial charge is 0.179 e. The van der Waals surface area contributed by atoms with Gasteiger partial charge >= 0.3 is 0 Å². The van der Waals surface area contributed by atoms with E-state index in [9.17, 15) is 5.11 Å². The molecule has 162 valence electrons. The average molecular weight is 424 g/mol. The molecule has 1 aromatic carbocycles. The minimum absolute atomic E-state index is 0.204. The van der Waals surface area contributed by atoms with Gasteiger partial charge in [0.1, 0.15) is 0 Å². The summed E-state index contributed by atoms with van der Waals surface area (Å²) >= 11 is 6.60. The highest BCUT2D eigenvalue weighted by atomic mass is 35.5. The van der Waals surface area contributed by atoms with Crippen molar-refractivity contribution in [3.63, 3.8) is 0 Å². The molecule has 6 nitrogen and oxygen atoms in total. The fourth-order valence-electron chi connectivity index (χ4n) is 5.47. The van der Waals surface area contributed by atoms with Crippen LogP contribution in [0.25, 0.3) is 0 Å². The van der Waals surface area contributed by atoms with Gasteiger partial charge in [-0.1, -0.05) is 17.7 Å². The van der Waals surface area contributed by atoms with E-state index >= 15 is 0 Å². The first-order valence-electron chi connectivity index (χ1n) is 10.7. The molecule has 0 unspecified atom stereocenters. The molecule has 29 heavy (non-hydrogen) atoms. The number of fused-ring (bicyclic) bond motifs is 1. The third-order valence-corrected chi connectivity index (χ3v) is 7.56. The van der Waals surface area contributed by atoms with E-state index in [0.29, 0.717) is 34.4 Å². The van der Waals surface area contributed by atoms with E-state index in [4.69, 9.17) is 21.1 Å². The van der Waals surface area contributed by atoms with Gasteiger partial charge in [0, 0.05) is 51.9 Å². The SMILES string of the molecule is COc1ccc(CN2C[C@H]3C[C@@H](N4CCN(C)CC4)[C@H](O)C[C@H]3C2)c(Cl)c1OC. The number of aliphatic hydroxyl groups excluding tert-OH is 1. The minimum atomic E-state index is -0.204. The molecule has 1 N–H and O–H groups in total. The number of methoxy groups -OCH3 is 2. The van der Waals surface area contributed by atoms with Crippen LogP contribution >= 0.6 is 11.6 Å². The summed E-state index contributed by atoms with van der Waals surface area (Å²) in [5.41, 5.74) is 1.07. The van der Waals surface area contributed by atoms with E-state index < -0.39 is 0 Å². The van der Waals surface area contributed by atoms with Gasteiger partial charge in [-0.25, -0.2) is 0 Å². The summed E-state index contributed by atoms with van der Waals surface area (Å²) in [4.78, 5) is 7.38. The van der Waals surface area contributed by atoms with Crippen molar-refractivity contribution in [2.45, 2.75) is 31.5 Å². The summed E-state index contributed by atoms with van der Waals surface area (Å²) in [6, 6.07) is 4.28. The quantitative estimate of drug-likeness (QED) is 0.783.